The van der Waals surface area contributed by atoms with E-state index in [9.17, 15) is 18.3 Å². The van der Waals surface area contributed by atoms with Crippen LogP contribution in [0.4, 0.5) is 0 Å². The summed E-state index contributed by atoms with van der Waals surface area (Å²) in [5, 5.41) is 14.0. The Morgan fingerprint density at radius 3 is 2.21 bits per heavy atom. The van der Waals surface area contributed by atoms with E-state index in [-0.39, 0.29) is 22.2 Å². The third kappa shape index (κ3) is 7.55. The number of aliphatic hydroxyl groups excluding tert-OH is 1. The number of nitrogens with one attached hydrogen (secondary N) is 1. The van der Waals surface area contributed by atoms with Crippen LogP contribution in [0.2, 0.25) is 5.02 Å². The van der Waals surface area contributed by atoms with Gasteiger partial charge in [-0.1, -0.05) is 35.9 Å². The number of halogens is 2. The molecule has 1 atom stereocenters. The molecular weight excluding hydrogens is 485 g/mol. The Kier molecular flexibility index (Phi) is 9.88. The molecule has 0 aliphatic rings. The van der Waals surface area contributed by atoms with E-state index in [4.69, 9.17) is 16.3 Å². The summed E-state index contributed by atoms with van der Waals surface area (Å²) in [5.41, 5.74) is 1.72. The van der Waals surface area contributed by atoms with Gasteiger partial charge in [0.1, 0.15) is 5.75 Å². The number of carbonyl (C=O) groups excluding carboxylic acids is 1. The molecule has 6 nitrogen and oxygen atoms in total. The van der Waals surface area contributed by atoms with Crippen LogP contribution in [-0.4, -0.2) is 32.6 Å². The molecule has 0 bridgehead atoms. The van der Waals surface area contributed by atoms with Gasteiger partial charge in [-0.05, 0) is 72.6 Å². The van der Waals surface area contributed by atoms with Crippen molar-refractivity contribution in [3.8, 4) is 5.75 Å². The van der Waals surface area contributed by atoms with Crippen molar-refractivity contribution in [1.82, 2.24) is 5.32 Å². The lowest BCUT2D eigenvalue weighted by Crippen LogP contribution is -2.23. The molecule has 0 fully saturated rings. The molecule has 0 aliphatic heterocycles. The fourth-order valence-electron chi connectivity index (χ4n) is 3.13. The number of hydrogen-bond donors (Lipinski definition) is 2. The predicted octanol–water partition coefficient (Wildman–Crippen LogP) is 4.39. The summed E-state index contributed by atoms with van der Waals surface area (Å²) in [7, 11) is -3.67. The summed E-state index contributed by atoms with van der Waals surface area (Å²) in [4.78, 5) is 11.3. The van der Waals surface area contributed by atoms with Crippen LogP contribution in [-0.2, 0) is 21.1 Å². The van der Waals surface area contributed by atoms with Crippen LogP contribution >= 0.6 is 24.0 Å². The topological polar surface area (TPSA) is 92.7 Å². The number of aliphatic hydroxyl groups is 1. The number of carbonyl (C=O) groups is 1. The van der Waals surface area contributed by atoms with Crippen LogP contribution in [0.1, 0.15) is 24.2 Å². The molecule has 0 radical (unpaired) electrons. The number of rotatable bonds is 9. The molecule has 3 aromatic carbocycles. The zero-order chi connectivity index (χ0) is 23.1. The van der Waals surface area contributed by atoms with Gasteiger partial charge < -0.3 is 15.2 Å². The minimum Gasteiger partial charge on any atom is -0.427 e. The first-order chi connectivity index (χ1) is 15.3. The standard InChI is InChI=1S/C24H24ClNO5S.ClH/c1-17(27)31-21-7-11-23(12-8-21)32(29,30)22-9-5-18(6-10-22)13-14-26-16-24(28)19-3-2-4-20(25)15-19;/h2-12,15,24,26,28H,13-14,16H2,1H3;1H/t24-;/m1./s1. The lowest BCUT2D eigenvalue weighted by atomic mass is 10.1. The summed E-state index contributed by atoms with van der Waals surface area (Å²) < 4.78 is 30.6. The Labute approximate surface area is 204 Å². The normalized spacial score (nSPS) is 12.0. The Morgan fingerprint density at radius 1 is 1.03 bits per heavy atom. The Hall–Kier alpha value is -2.42. The first-order valence-corrected chi connectivity index (χ1v) is 11.9. The number of sulfone groups is 1. The predicted molar refractivity (Wildman–Crippen MR) is 130 cm³/mol. The summed E-state index contributed by atoms with van der Waals surface area (Å²) in [6, 6.07) is 19.5. The van der Waals surface area contributed by atoms with Crippen LogP contribution < -0.4 is 10.1 Å². The van der Waals surface area contributed by atoms with E-state index >= 15 is 0 Å². The van der Waals surface area contributed by atoms with Crippen molar-refractivity contribution in [3.05, 3.63) is 88.9 Å². The number of benzene rings is 3. The quantitative estimate of drug-likeness (QED) is 0.252. The fraction of sp³-hybridized carbons (Fsp3) is 0.208. The first-order valence-electron chi connectivity index (χ1n) is 10.0. The van der Waals surface area contributed by atoms with Crippen LogP contribution in [0.3, 0.4) is 0 Å². The molecule has 3 aromatic rings. The van der Waals surface area contributed by atoms with Crippen molar-refractivity contribution in [3.63, 3.8) is 0 Å². The van der Waals surface area contributed by atoms with Crippen LogP contribution in [0, 0.1) is 0 Å². The molecule has 0 unspecified atom stereocenters. The smallest absolute Gasteiger partial charge is 0.308 e. The maximum atomic E-state index is 12.8. The van der Waals surface area contributed by atoms with Crippen molar-refractivity contribution in [2.45, 2.75) is 29.2 Å². The maximum Gasteiger partial charge on any atom is 0.308 e. The van der Waals surface area contributed by atoms with Crippen molar-refractivity contribution < 1.29 is 23.1 Å². The first kappa shape index (κ1) is 26.8. The highest BCUT2D eigenvalue weighted by atomic mass is 35.5. The molecule has 0 aliphatic carbocycles. The SMILES string of the molecule is CC(=O)Oc1ccc(S(=O)(=O)c2ccc(CCNC[C@@H](O)c3cccc(Cl)c3)cc2)cc1.Cl. The maximum absolute atomic E-state index is 12.8. The molecule has 0 saturated heterocycles. The number of hydrogen-bond acceptors (Lipinski definition) is 6. The molecule has 0 heterocycles. The van der Waals surface area contributed by atoms with Crippen molar-refractivity contribution in [2.24, 2.45) is 0 Å². The molecule has 0 saturated carbocycles. The third-order valence-electron chi connectivity index (χ3n) is 4.79. The largest absolute Gasteiger partial charge is 0.427 e. The van der Waals surface area contributed by atoms with E-state index in [2.05, 4.69) is 5.32 Å². The monoisotopic (exact) mass is 509 g/mol. The van der Waals surface area contributed by atoms with E-state index < -0.39 is 21.9 Å². The molecule has 0 spiro atoms. The number of esters is 1. The summed E-state index contributed by atoms with van der Waals surface area (Å²) in [5.74, 6) is -0.176. The van der Waals surface area contributed by atoms with Gasteiger partial charge in [-0.25, -0.2) is 8.42 Å². The zero-order valence-corrected chi connectivity index (χ0v) is 20.3. The highest BCUT2D eigenvalue weighted by Crippen LogP contribution is 2.24. The van der Waals surface area contributed by atoms with Crippen LogP contribution in [0.25, 0.3) is 0 Å². The van der Waals surface area contributed by atoms with Gasteiger partial charge in [-0.3, -0.25) is 4.79 Å². The molecule has 9 heteroatoms. The van der Waals surface area contributed by atoms with Crippen molar-refractivity contribution >= 4 is 39.8 Å². The second-order valence-electron chi connectivity index (χ2n) is 7.24. The zero-order valence-electron chi connectivity index (χ0n) is 17.9. The van der Waals surface area contributed by atoms with E-state index in [1.165, 1.54) is 31.2 Å². The van der Waals surface area contributed by atoms with Crippen LogP contribution in [0.15, 0.2) is 82.6 Å². The van der Waals surface area contributed by atoms with Crippen molar-refractivity contribution in [1.29, 1.82) is 0 Å². The molecule has 0 aromatic heterocycles. The Bertz CT molecular complexity index is 1170. The third-order valence-corrected chi connectivity index (χ3v) is 6.81. The highest BCUT2D eigenvalue weighted by Gasteiger charge is 2.17. The van der Waals surface area contributed by atoms with Gasteiger partial charge in [0, 0.05) is 18.5 Å². The average molecular weight is 510 g/mol. The van der Waals surface area contributed by atoms with Gasteiger partial charge in [0.25, 0.3) is 0 Å². The van der Waals surface area contributed by atoms with Gasteiger partial charge in [-0.15, -0.1) is 12.4 Å². The molecular formula is C24H25Cl2NO5S. The van der Waals surface area contributed by atoms with Gasteiger partial charge in [0.2, 0.25) is 9.84 Å². The average Bonchev–Trinajstić information content (AvgIpc) is 2.77. The number of ether oxygens (including phenoxy) is 1. The molecule has 2 N–H and O–H groups in total. The van der Waals surface area contributed by atoms with E-state index in [1.54, 1.807) is 42.5 Å². The fourth-order valence-corrected chi connectivity index (χ4v) is 4.59. The summed E-state index contributed by atoms with van der Waals surface area (Å²) in [6.07, 6.45) is 0.0214. The van der Waals surface area contributed by atoms with Gasteiger partial charge >= 0.3 is 5.97 Å². The Morgan fingerprint density at radius 2 is 1.64 bits per heavy atom. The lowest BCUT2D eigenvalue weighted by molar-refractivity contribution is -0.131. The molecule has 176 valence electrons. The van der Waals surface area contributed by atoms with Gasteiger partial charge in [0.15, 0.2) is 0 Å². The van der Waals surface area contributed by atoms with E-state index in [1.807, 2.05) is 6.07 Å². The highest BCUT2D eigenvalue weighted by molar-refractivity contribution is 7.91. The van der Waals surface area contributed by atoms with Crippen molar-refractivity contribution in [2.75, 3.05) is 13.1 Å². The molecule has 3 rings (SSSR count). The van der Waals surface area contributed by atoms with E-state index in [0.29, 0.717) is 30.3 Å². The molecule has 0 amide bonds. The van der Waals surface area contributed by atoms with Gasteiger partial charge in [-0.2, -0.15) is 0 Å². The minimum absolute atomic E-state index is 0. The summed E-state index contributed by atoms with van der Waals surface area (Å²) in [6.45, 7) is 2.29. The Balaban J connectivity index is 0.00000385. The minimum atomic E-state index is -3.67. The lowest BCUT2D eigenvalue weighted by Gasteiger charge is -2.13. The molecule has 33 heavy (non-hydrogen) atoms. The van der Waals surface area contributed by atoms with E-state index in [0.717, 1.165) is 11.1 Å². The second kappa shape index (κ2) is 12.2. The second-order valence-corrected chi connectivity index (χ2v) is 9.62. The van der Waals surface area contributed by atoms with Gasteiger partial charge in [0.05, 0.1) is 15.9 Å². The van der Waals surface area contributed by atoms with Crippen LogP contribution in [0.5, 0.6) is 5.75 Å². The summed E-state index contributed by atoms with van der Waals surface area (Å²) >= 11 is 5.95.